The monoisotopic (exact) mass is 448 g/mol. The van der Waals surface area contributed by atoms with Gasteiger partial charge in [0.2, 0.25) is 0 Å². The van der Waals surface area contributed by atoms with Crippen molar-refractivity contribution in [1.82, 2.24) is 10.6 Å². The van der Waals surface area contributed by atoms with Gasteiger partial charge < -0.3 is 10.6 Å². The molecule has 0 saturated carbocycles. The third-order valence-corrected chi connectivity index (χ3v) is 5.79. The van der Waals surface area contributed by atoms with E-state index in [0.717, 1.165) is 18.5 Å². The highest BCUT2D eigenvalue weighted by Gasteiger charge is 2.14. The molecule has 0 fully saturated rings. The Hall–Kier alpha value is -2.72. The molecule has 32 heavy (non-hydrogen) atoms. The maximum absolute atomic E-state index is 13.2. The second-order valence-corrected chi connectivity index (χ2v) is 8.09. The minimum atomic E-state index is -0.199. The van der Waals surface area contributed by atoms with Crippen molar-refractivity contribution in [3.8, 4) is 0 Å². The molecule has 0 aliphatic rings. The standard InChI is InChI=1S/C28H29FN2.ClH/c1-21(27-13-7-11-24-10-5-6-12-28(24)27)30-20-26(18-22-8-3-2-4-9-22)31-19-23-14-16-25(29)17-15-23;/h2-17,21,26,30-31H,18-20H2,1H3;1H. The van der Waals surface area contributed by atoms with Gasteiger partial charge in [-0.1, -0.05) is 84.9 Å². The summed E-state index contributed by atoms with van der Waals surface area (Å²) in [6.07, 6.45) is 0.928. The molecule has 4 heteroatoms. The van der Waals surface area contributed by atoms with Crippen molar-refractivity contribution in [1.29, 1.82) is 0 Å². The summed E-state index contributed by atoms with van der Waals surface area (Å²) in [4.78, 5) is 0. The molecule has 2 N–H and O–H groups in total. The summed E-state index contributed by atoms with van der Waals surface area (Å²) in [5, 5.41) is 9.96. The van der Waals surface area contributed by atoms with Crippen LogP contribution < -0.4 is 10.6 Å². The largest absolute Gasteiger partial charge is 0.309 e. The summed E-state index contributed by atoms with van der Waals surface area (Å²) in [5.74, 6) is -0.199. The molecule has 0 radical (unpaired) electrons. The lowest BCUT2D eigenvalue weighted by Crippen LogP contribution is -2.40. The van der Waals surface area contributed by atoms with Crippen LogP contribution in [0.15, 0.2) is 97.1 Å². The second kappa shape index (κ2) is 11.8. The molecule has 4 aromatic carbocycles. The molecule has 0 saturated heterocycles. The Balaban J connectivity index is 0.00000289. The molecule has 0 heterocycles. The van der Waals surface area contributed by atoms with Gasteiger partial charge in [-0.05, 0) is 52.9 Å². The first-order valence-corrected chi connectivity index (χ1v) is 10.9. The van der Waals surface area contributed by atoms with Crippen LogP contribution in [-0.2, 0) is 13.0 Å². The number of benzene rings is 4. The number of nitrogens with one attached hydrogen (secondary N) is 2. The molecular weight excluding hydrogens is 419 g/mol. The summed E-state index contributed by atoms with van der Waals surface area (Å²) in [5.41, 5.74) is 3.70. The quantitative estimate of drug-likeness (QED) is 0.307. The van der Waals surface area contributed by atoms with Crippen molar-refractivity contribution in [3.05, 3.63) is 120 Å². The lowest BCUT2D eigenvalue weighted by molar-refractivity contribution is 0.443. The SMILES string of the molecule is CC(NCC(Cc1ccccc1)NCc1ccc(F)cc1)c1cccc2ccccc12.Cl. The number of hydrogen-bond donors (Lipinski definition) is 2. The molecule has 0 aliphatic carbocycles. The number of hydrogen-bond acceptors (Lipinski definition) is 2. The highest BCUT2D eigenvalue weighted by Crippen LogP contribution is 2.24. The van der Waals surface area contributed by atoms with Crippen LogP contribution in [0.1, 0.15) is 29.7 Å². The van der Waals surface area contributed by atoms with Crippen LogP contribution in [0.2, 0.25) is 0 Å². The fourth-order valence-corrected chi connectivity index (χ4v) is 4.04. The Bertz CT molecular complexity index is 1090. The summed E-state index contributed by atoms with van der Waals surface area (Å²) >= 11 is 0. The van der Waals surface area contributed by atoms with Crippen molar-refractivity contribution in [2.45, 2.75) is 32.0 Å². The summed E-state index contributed by atoms with van der Waals surface area (Å²) in [6, 6.07) is 32.8. The number of fused-ring (bicyclic) bond motifs is 1. The molecule has 4 aromatic rings. The molecule has 2 unspecified atom stereocenters. The molecule has 0 aromatic heterocycles. The second-order valence-electron chi connectivity index (χ2n) is 8.09. The van der Waals surface area contributed by atoms with Crippen molar-refractivity contribution in [2.75, 3.05) is 6.54 Å². The minimum absolute atomic E-state index is 0. The Kier molecular flexibility index (Phi) is 8.81. The fourth-order valence-electron chi connectivity index (χ4n) is 4.04. The Morgan fingerprint density at radius 1 is 0.719 bits per heavy atom. The maximum atomic E-state index is 13.2. The van der Waals surface area contributed by atoms with Crippen molar-refractivity contribution >= 4 is 23.2 Å². The lowest BCUT2D eigenvalue weighted by Gasteiger charge is -2.23. The summed E-state index contributed by atoms with van der Waals surface area (Å²) < 4.78 is 13.2. The molecule has 2 nitrogen and oxygen atoms in total. The Morgan fingerprint density at radius 3 is 2.19 bits per heavy atom. The Morgan fingerprint density at radius 2 is 1.41 bits per heavy atom. The highest BCUT2D eigenvalue weighted by atomic mass is 35.5. The zero-order chi connectivity index (χ0) is 21.5. The molecule has 0 bridgehead atoms. The van der Waals surface area contributed by atoms with E-state index in [4.69, 9.17) is 0 Å². The van der Waals surface area contributed by atoms with E-state index in [1.54, 1.807) is 0 Å². The van der Waals surface area contributed by atoms with Gasteiger partial charge in [-0.25, -0.2) is 4.39 Å². The van der Waals surface area contributed by atoms with Gasteiger partial charge in [-0.3, -0.25) is 0 Å². The first-order valence-electron chi connectivity index (χ1n) is 10.9. The number of halogens is 2. The van der Waals surface area contributed by atoms with E-state index in [1.807, 2.05) is 18.2 Å². The van der Waals surface area contributed by atoms with E-state index in [1.165, 1.54) is 34.0 Å². The van der Waals surface area contributed by atoms with Gasteiger partial charge in [0.1, 0.15) is 5.82 Å². The average Bonchev–Trinajstić information content (AvgIpc) is 2.82. The van der Waals surface area contributed by atoms with Crippen LogP contribution in [0, 0.1) is 5.82 Å². The summed E-state index contributed by atoms with van der Waals surface area (Å²) in [6.45, 7) is 3.77. The van der Waals surface area contributed by atoms with Crippen LogP contribution in [0.5, 0.6) is 0 Å². The minimum Gasteiger partial charge on any atom is -0.309 e. The molecule has 0 amide bonds. The van der Waals surface area contributed by atoms with Crippen LogP contribution in [-0.4, -0.2) is 12.6 Å². The predicted molar refractivity (Wildman–Crippen MR) is 135 cm³/mol. The molecule has 166 valence electrons. The van der Waals surface area contributed by atoms with Crippen LogP contribution in [0.3, 0.4) is 0 Å². The first kappa shape index (κ1) is 23.9. The topological polar surface area (TPSA) is 24.1 Å². The zero-order valence-electron chi connectivity index (χ0n) is 18.3. The number of rotatable bonds is 9. The third kappa shape index (κ3) is 6.39. The van der Waals surface area contributed by atoms with Gasteiger partial charge in [-0.2, -0.15) is 0 Å². The highest BCUT2D eigenvalue weighted by molar-refractivity contribution is 5.86. The maximum Gasteiger partial charge on any atom is 0.123 e. The molecule has 4 rings (SSSR count). The smallest absolute Gasteiger partial charge is 0.123 e. The average molecular weight is 449 g/mol. The zero-order valence-corrected chi connectivity index (χ0v) is 19.1. The van der Waals surface area contributed by atoms with Gasteiger partial charge in [0.25, 0.3) is 0 Å². The van der Waals surface area contributed by atoms with Crippen LogP contribution in [0.4, 0.5) is 4.39 Å². The fraction of sp³-hybridized carbons (Fsp3) is 0.214. The lowest BCUT2D eigenvalue weighted by atomic mass is 9.99. The van der Waals surface area contributed by atoms with Crippen molar-refractivity contribution in [2.24, 2.45) is 0 Å². The molecule has 0 spiro atoms. The van der Waals surface area contributed by atoms with E-state index >= 15 is 0 Å². The van der Waals surface area contributed by atoms with E-state index < -0.39 is 0 Å². The van der Waals surface area contributed by atoms with Crippen molar-refractivity contribution < 1.29 is 4.39 Å². The van der Waals surface area contributed by atoms with Gasteiger partial charge >= 0.3 is 0 Å². The third-order valence-electron chi connectivity index (χ3n) is 5.79. The predicted octanol–water partition coefficient (Wildman–Crippen LogP) is 6.45. The van der Waals surface area contributed by atoms with Gasteiger partial charge in [-0.15, -0.1) is 12.4 Å². The van der Waals surface area contributed by atoms with Crippen LogP contribution in [0.25, 0.3) is 10.8 Å². The van der Waals surface area contributed by atoms with Gasteiger partial charge in [0.05, 0.1) is 0 Å². The van der Waals surface area contributed by atoms with E-state index in [9.17, 15) is 4.39 Å². The van der Waals surface area contributed by atoms with E-state index in [2.05, 4.69) is 84.3 Å². The molecule has 2 atom stereocenters. The van der Waals surface area contributed by atoms with E-state index in [0.29, 0.717) is 6.54 Å². The first-order chi connectivity index (χ1) is 15.2. The normalized spacial score (nSPS) is 12.8. The Labute approximate surface area is 196 Å². The molecular formula is C28H30ClFN2. The summed E-state index contributed by atoms with van der Waals surface area (Å²) in [7, 11) is 0. The van der Waals surface area contributed by atoms with Crippen LogP contribution >= 0.6 is 12.4 Å². The van der Waals surface area contributed by atoms with Crippen molar-refractivity contribution in [3.63, 3.8) is 0 Å². The molecule has 0 aliphatic heterocycles. The van der Waals surface area contributed by atoms with Gasteiger partial charge in [0.15, 0.2) is 0 Å². The van der Waals surface area contributed by atoms with Gasteiger partial charge in [0, 0.05) is 25.2 Å². The van der Waals surface area contributed by atoms with E-state index in [-0.39, 0.29) is 30.3 Å².